The van der Waals surface area contributed by atoms with Crippen molar-refractivity contribution in [3.05, 3.63) is 29.8 Å². The second-order valence-corrected chi connectivity index (χ2v) is 6.30. The van der Waals surface area contributed by atoms with Crippen LogP contribution >= 0.6 is 0 Å². The molecule has 0 saturated heterocycles. The van der Waals surface area contributed by atoms with E-state index in [1.54, 1.807) is 13.8 Å². The quantitative estimate of drug-likeness (QED) is 0.878. The predicted octanol–water partition coefficient (Wildman–Crippen LogP) is 2.65. The van der Waals surface area contributed by atoms with Crippen LogP contribution in [0.3, 0.4) is 0 Å². The number of hydrogen-bond acceptors (Lipinski definition) is 2. The second kappa shape index (κ2) is 5.11. The summed E-state index contributed by atoms with van der Waals surface area (Å²) in [4.78, 5) is 0.791. The van der Waals surface area contributed by atoms with E-state index in [9.17, 15) is 9.32 Å². The van der Waals surface area contributed by atoms with Crippen LogP contribution in [-0.2, 0) is 10.8 Å². The summed E-state index contributed by atoms with van der Waals surface area (Å²) in [6.45, 7) is 7.38. The lowest BCUT2D eigenvalue weighted by Crippen LogP contribution is -2.38. The Balaban J connectivity index is 2.96. The van der Waals surface area contributed by atoms with Crippen molar-refractivity contribution in [3.63, 3.8) is 0 Å². The molecular formula is C13H20O2S. The van der Waals surface area contributed by atoms with Crippen LogP contribution in [0.5, 0.6) is 0 Å². The van der Waals surface area contributed by atoms with E-state index in [0.717, 1.165) is 10.5 Å². The number of rotatable bonds is 4. The molecule has 0 saturated carbocycles. The summed E-state index contributed by atoms with van der Waals surface area (Å²) in [5.41, 5.74) is 0.238. The fourth-order valence-corrected chi connectivity index (χ4v) is 3.31. The first-order valence-electron chi connectivity index (χ1n) is 5.56. The molecule has 1 aromatic carbocycles. The molecule has 0 unspecified atom stereocenters. The maximum Gasteiger partial charge on any atom is 0.0738 e. The van der Waals surface area contributed by atoms with Crippen molar-refractivity contribution in [2.24, 2.45) is 0 Å². The molecule has 0 aromatic heterocycles. The van der Waals surface area contributed by atoms with Gasteiger partial charge in [-0.05, 0) is 39.3 Å². The lowest BCUT2D eigenvalue weighted by Gasteiger charge is -2.27. The average molecular weight is 240 g/mol. The van der Waals surface area contributed by atoms with Gasteiger partial charge in [0.2, 0.25) is 0 Å². The van der Waals surface area contributed by atoms with Crippen molar-refractivity contribution < 1.29 is 9.32 Å². The molecular weight excluding hydrogens is 220 g/mol. The molecule has 1 rings (SSSR count). The topological polar surface area (TPSA) is 37.3 Å². The Bertz CT molecular complexity index is 363. The Morgan fingerprint density at radius 3 is 2.19 bits per heavy atom. The van der Waals surface area contributed by atoms with Crippen molar-refractivity contribution in [1.29, 1.82) is 0 Å². The lowest BCUT2D eigenvalue weighted by atomic mass is 10.0. The molecule has 90 valence electrons. The molecule has 2 atom stereocenters. The first kappa shape index (κ1) is 13.4. The van der Waals surface area contributed by atoms with Gasteiger partial charge < -0.3 is 5.11 Å². The molecule has 0 aliphatic heterocycles. The monoisotopic (exact) mass is 240 g/mol. The molecule has 1 N–H and O–H groups in total. The zero-order valence-electron chi connectivity index (χ0n) is 10.4. The first-order chi connectivity index (χ1) is 7.36. The molecule has 0 amide bonds. The summed E-state index contributed by atoms with van der Waals surface area (Å²) in [6.07, 6.45) is 0.698. The molecule has 0 bridgehead atoms. The van der Waals surface area contributed by atoms with Gasteiger partial charge in [0, 0.05) is 4.90 Å². The number of benzene rings is 1. The van der Waals surface area contributed by atoms with E-state index < -0.39 is 16.4 Å². The van der Waals surface area contributed by atoms with Gasteiger partial charge in [0.25, 0.3) is 0 Å². The maximum atomic E-state index is 12.3. The largest absolute Gasteiger partial charge is 0.389 e. The Hall–Kier alpha value is -0.670. The number of aryl methyl sites for hydroxylation is 1. The molecule has 0 aliphatic carbocycles. The predicted molar refractivity (Wildman–Crippen MR) is 68.0 cm³/mol. The highest BCUT2D eigenvalue weighted by Crippen LogP contribution is 2.23. The molecule has 0 spiro atoms. The lowest BCUT2D eigenvalue weighted by molar-refractivity contribution is 0.0752. The molecule has 0 fully saturated rings. The highest BCUT2D eigenvalue weighted by molar-refractivity contribution is 7.85. The zero-order valence-corrected chi connectivity index (χ0v) is 11.2. The summed E-state index contributed by atoms with van der Waals surface area (Å²) in [7, 11) is -1.15. The molecule has 3 heteroatoms. The van der Waals surface area contributed by atoms with E-state index in [-0.39, 0.29) is 5.25 Å². The molecule has 2 nitrogen and oxygen atoms in total. The van der Waals surface area contributed by atoms with Gasteiger partial charge in [-0.2, -0.15) is 0 Å². The van der Waals surface area contributed by atoms with Crippen LogP contribution in [0.1, 0.15) is 32.8 Å². The fourth-order valence-electron chi connectivity index (χ4n) is 1.75. The first-order valence-corrected chi connectivity index (χ1v) is 6.77. The third kappa shape index (κ3) is 3.16. The average Bonchev–Trinajstić information content (AvgIpc) is 2.17. The third-order valence-corrected chi connectivity index (χ3v) is 4.83. The zero-order chi connectivity index (χ0) is 12.3. The van der Waals surface area contributed by atoms with Crippen LogP contribution in [0.4, 0.5) is 0 Å². The van der Waals surface area contributed by atoms with Crippen molar-refractivity contribution in [2.75, 3.05) is 0 Å². The summed E-state index contributed by atoms with van der Waals surface area (Å²) in [6, 6.07) is 7.65. The molecule has 16 heavy (non-hydrogen) atoms. The van der Waals surface area contributed by atoms with E-state index >= 15 is 0 Å². The van der Waals surface area contributed by atoms with Gasteiger partial charge in [-0.25, -0.2) is 0 Å². The van der Waals surface area contributed by atoms with Gasteiger partial charge >= 0.3 is 0 Å². The highest BCUT2D eigenvalue weighted by atomic mass is 32.2. The normalized spacial score (nSPS) is 15.8. The van der Waals surface area contributed by atoms with E-state index in [1.165, 1.54) is 0 Å². The van der Waals surface area contributed by atoms with Gasteiger partial charge in [0.05, 0.1) is 21.7 Å². The minimum absolute atomic E-state index is 0.227. The molecule has 0 heterocycles. The van der Waals surface area contributed by atoms with Crippen LogP contribution in [0, 0.1) is 6.92 Å². The minimum Gasteiger partial charge on any atom is -0.389 e. The van der Waals surface area contributed by atoms with E-state index in [0.29, 0.717) is 6.42 Å². The van der Waals surface area contributed by atoms with Crippen LogP contribution < -0.4 is 0 Å². The van der Waals surface area contributed by atoms with Crippen molar-refractivity contribution >= 4 is 10.8 Å². The minimum atomic E-state index is -1.15. The summed E-state index contributed by atoms with van der Waals surface area (Å²) in [5.74, 6) is 0. The Labute approximate surface area is 100 Å². The van der Waals surface area contributed by atoms with Crippen LogP contribution in [0.25, 0.3) is 0 Å². The second-order valence-electron chi connectivity index (χ2n) is 4.66. The Morgan fingerprint density at radius 1 is 1.31 bits per heavy atom. The number of aliphatic hydroxyl groups is 1. The maximum absolute atomic E-state index is 12.3. The fraction of sp³-hybridized carbons (Fsp3) is 0.538. The van der Waals surface area contributed by atoms with Gasteiger partial charge in [-0.3, -0.25) is 4.21 Å². The van der Waals surface area contributed by atoms with Gasteiger partial charge in [0.15, 0.2) is 0 Å². The van der Waals surface area contributed by atoms with Crippen molar-refractivity contribution in [3.8, 4) is 0 Å². The Morgan fingerprint density at radius 2 is 1.81 bits per heavy atom. The molecule has 1 aromatic rings. The molecule has 0 radical (unpaired) electrons. The summed E-state index contributed by atoms with van der Waals surface area (Å²) < 4.78 is 12.3. The highest BCUT2D eigenvalue weighted by Gasteiger charge is 2.31. The van der Waals surface area contributed by atoms with Gasteiger partial charge in [0.1, 0.15) is 0 Å². The smallest absolute Gasteiger partial charge is 0.0738 e. The molecule has 0 aliphatic rings. The van der Waals surface area contributed by atoms with E-state index in [2.05, 4.69) is 0 Å². The van der Waals surface area contributed by atoms with Crippen molar-refractivity contribution in [1.82, 2.24) is 0 Å². The van der Waals surface area contributed by atoms with Crippen LogP contribution in [0.2, 0.25) is 0 Å². The van der Waals surface area contributed by atoms with Gasteiger partial charge in [-0.1, -0.05) is 24.6 Å². The summed E-state index contributed by atoms with van der Waals surface area (Å²) in [5, 5.41) is 9.74. The van der Waals surface area contributed by atoms with E-state index in [4.69, 9.17) is 0 Å². The van der Waals surface area contributed by atoms with E-state index in [1.807, 2.05) is 38.1 Å². The third-order valence-electron chi connectivity index (χ3n) is 2.67. The SMILES string of the molecule is CC[C@H]([S@@](=O)c1ccc(C)cc1)C(C)(C)O. The summed E-state index contributed by atoms with van der Waals surface area (Å²) >= 11 is 0. The van der Waals surface area contributed by atoms with Crippen LogP contribution in [-0.4, -0.2) is 20.2 Å². The van der Waals surface area contributed by atoms with Gasteiger partial charge in [-0.15, -0.1) is 0 Å². The Kier molecular flexibility index (Phi) is 4.28. The van der Waals surface area contributed by atoms with Crippen LogP contribution in [0.15, 0.2) is 29.2 Å². The standard InChI is InChI=1S/C13H20O2S/c1-5-12(13(3,4)14)16(15)11-8-6-10(2)7-9-11/h6-9,12,14H,5H2,1-4H3/t12-,16-/m0/s1. The number of hydrogen-bond donors (Lipinski definition) is 1. The van der Waals surface area contributed by atoms with Crippen molar-refractivity contribution in [2.45, 2.75) is 49.9 Å².